The van der Waals surface area contributed by atoms with Crippen LogP contribution in [0.25, 0.3) is 0 Å². The first-order valence-corrected chi connectivity index (χ1v) is 12.4. The number of carbonyl (C=O) groups excluding carboxylic acids is 2. The summed E-state index contributed by atoms with van der Waals surface area (Å²) >= 11 is 0. The van der Waals surface area contributed by atoms with Gasteiger partial charge in [-0.15, -0.1) is 0 Å². The van der Waals surface area contributed by atoms with E-state index in [-0.39, 0.29) is 23.2 Å². The second-order valence-corrected chi connectivity index (χ2v) is 11.4. The highest BCUT2D eigenvalue weighted by atomic mass is 16.7. The SMILES string of the molecule is CC(=O)OC1C(OC(C)(C)C2CCC3(C)CCCC(C)(OC(C)=O)C3C2)OC(CO)C(O)C1O. The highest BCUT2D eigenvalue weighted by Crippen LogP contribution is 2.58. The van der Waals surface area contributed by atoms with E-state index in [1.54, 1.807) is 0 Å². The molecule has 0 amide bonds. The molecule has 9 unspecified atom stereocenters. The molecule has 1 saturated heterocycles. The summed E-state index contributed by atoms with van der Waals surface area (Å²) in [6.07, 6.45) is -0.761. The van der Waals surface area contributed by atoms with E-state index < -0.39 is 54.5 Å². The Morgan fingerprint density at radius 1 is 1.06 bits per heavy atom. The molecule has 196 valence electrons. The van der Waals surface area contributed by atoms with Gasteiger partial charge in [-0.2, -0.15) is 0 Å². The molecule has 9 heteroatoms. The van der Waals surface area contributed by atoms with E-state index in [1.165, 1.54) is 13.8 Å². The molecule has 0 aromatic rings. The van der Waals surface area contributed by atoms with Crippen molar-refractivity contribution in [3.8, 4) is 0 Å². The Labute approximate surface area is 202 Å². The maximum Gasteiger partial charge on any atom is 0.303 e. The first kappa shape index (κ1) is 27.3. The van der Waals surface area contributed by atoms with Gasteiger partial charge in [-0.1, -0.05) is 6.92 Å². The molecule has 1 heterocycles. The van der Waals surface area contributed by atoms with Crippen LogP contribution in [-0.2, 0) is 28.5 Å². The summed E-state index contributed by atoms with van der Waals surface area (Å²) in [5.74, 6) is -0.668. The molecule has 0 aromatic carbocycles. The van der Waals surface area contributed by atoms with Crippen molar-refractivity contribution < 1.29 is 43.9 Å². The predicted octanol–water partition coefficient (Wildman–Crippen LogP) is 2.08. The predicted molar refractivity (Wildman–Crippen MR) is 121 cm³/mol. The maximum absolute atomic E-state index is 11.9. The molecule has 9 nitrogen and oxygen atoms in total. The van der Waals surface area contributed by atoms with E-state index in [0.717, 1.165) is 38.5 Å². The minimum Gasteiger partial charge on any atom is -0.459 e. The van der Waals surface area contributed by atoms with Crippen LogP contribution in [0.5, 0.6) is 0 Å². The zero-order valence-electron chi connectivity index (χ0n) is 21.3. The van der Waals surface area contributed by atoms with Crippen LogP contribution < -0.4 is 0 Å². The van der Waals surface area contributed by atoms with Crippen LogP contribution >= 0.6 is 0 Å². The van der Waals surface area contributed by atoms with Crippen LogP contribution in [0.3, 0.4) is 0 Å². The molecule has 2 saturated carbocycles. The number of aliphatic hydroxyl groups is 3. The lowest BCUT2D eigenvalue weighted by Gasteiger charge is -2.57. The standard InChI is InChI=1S/C25H42O9/c1-14(27)31-21-20(30)19(29)17(13-26)32-22(21)34-23(3,4)16-8-11-24(5)9-7-10-25(6,18(24)12-16)33-15(2)28/h16-22,26,29-30H,7-13H2,1-6H3. The number of hydrogen-bond acceptors (Lipinski definition) is 9. The molecule has 34 heavy (non-hydrogen) atoms. The van der Waals surface area contributed by atoms with E-state index in [0.29, 0.717) is 0 Å². The largest absolute Gasteiger partial charge is 0.459 e. The van der Waals surface area contributed by atoms with Gasteiger partial charge in [0.25, 0.3) is 0 Å². The monoisotopic (exact) mass is 486 g/mol. The van der Waals surface area contributed by atoms with Crippen LogP contribution in [0, 0.1) is 17.3 Å². The van der Waals surface area contributed by atoms with Crippen LogP contribution in [0.4, 0.5) is 0 Å². The quantitative estimate of drug-likeness (QED) is 0.483. The summed E-state index contributed by atoms with van der Waals surface area (Å²) in [5.41, 5.74) is -1.22. The third kappa shape index (κ3) is 5.43. The van der Waals surface area contributed by atoms with Gasteiger partial charge in [0, 0.05) is 19.8 Å². The van der Waals surface area contributed by atoms with Crippen molar-refractivity contribution in [2.24, 2.45) is 17.3 Å². The van der Waals surface area contributed by atoms with E-state index in [9.17, 15) is 24.9 Å². The molecular weight excluding hydrogens is 444 g/mol. The van der Waals surface area contributed by atoms with Crippen LogP contribution in [-0.4, -0.2) is 75.8 Å². The fourth-order valence-corrected chi connectivity index (χ4v) is 6.61. The molecule has 9 atom stereocenters. The minimum atomic E-state index is -1.46. The van der Waals surface area contributed by atoms with Gasteiger partial charge in [-0.3, -0.25) is 9.59 Å². The number of aliphatic hydroxyl groups excluding tert-OH is 3. The number of rotatable bonds is 6. The molecule has 3 aliphatic rings. The fraction of sp³-hybridized carbons (Fsp3) is 0.920. The lowest BCUT2D eigenvalue weighted by Crippen LogP contribution is -2.62. The van der Waals surface area contributed by atoms with Gasteiger partial charge < -0.3 is 34.3 Å². The second-order valence-electron chi connectivity index (χ2n) is 11.4. The van der Waals surface area contributed by atoms with E-state index in [1.807, 2.05) is 20.8 Å². The van der Waals surface area contributed by atoms with Gasteiger partial charge >= 0.3 is 11.9 Å². The van der Waals surface area contributed by atoms with Crippen molar-refractivity contribution in [2.45, 2.75) is 122 Å². The normalized spacial score (nSPS) is 43.0. The highest BCUT2D eigenvalue weighted by Gasteiger charge is 2.56. The zero-order valence-corrected chi connectivity index (χ0v) is 21.3. The summed E-state index contributed by atoms with van der Waals surface area (Å²) in [6, 6.07) is 0. The summed E-state index contributed by atoms with van der Waals surface area (Å²) in [6.45, 7) is 10.3. The second kappa shape index (κ2) is 10.0. The highest BCUT2D eigenvalue weighted by molar-refractivity contribution is 5.66. The van der Waals surface area contributed by atoms with Gasteiger partial charge in [-0.05, 0) is 70.6 Å². The van der Waals surface area contributed by atoms with E-state index in [2.05, 4.69) is 6.92 Å². The molecule has 3 rings (SSSR count). The Hall–Kier alpha value is -1.26. The van der Waals surface area contributed by atoms with Crippen LogP contribution in [0.15, 0.2) is 0 Å². The van der Waals surface area contributed by atoms with E-state index >= 15 is 0 Å². The molecule has 0 aromatic heterocycles. The fourth-order valence-electron chi connectivity index (χ4n) is 6.61. The summed E-state index contributed by atoms with van der Waals surface area (Å²) in [4.78, 5) is 23.6. The van der Waals surface area contributed by atoms with Gasteiger partial charge in [0.2, 0.25) is 0 Å². The number of hydrogen-bond donors (Lipinski definition) is 3. The van der Waals surface area contributed by atoms with Crippen molar-refractivity contribution in [2.75, 3.05) is 6.61 Å². The van der Waals surface area contributed by atoms with Crippen LogP contribution in [0.1, 0.15) is 80.1 Å². The number of esters is 2. The Morgan fingerprint density at radius 2 is 1.74 bits per heavy atom. The van der Waals surface area contributed by atoms with Gasteiger partial charge in [-0.25, -0.2) is 0 Å². The number of fused-ring (bicyclic) bond motifs is 1. The Morgan fingerprint density at radius 3 is 2.32 bits per heavy atom. The van der Waals surface area contributed by atoms with Crippen molar-refractivity contribution >= 4 is 11.9 Å². The molecule has 0 radical (unpaired) electrons. The molecule has 2 aliphatic carbocycles. The van der Waals surface area contributed by atoms with E-state index in [4.69, 9.17) is 18.9 Å². The molecule has 3 N–H and O–H groups in total. The lowest BCUT2D eigenvalue weighted by atomic mass is 9.52. The third-order valence-corrected chi connectivity index (χ3v) is 8.49. The molecule has 0 bridgehead atoms. The van der Waals surface area contributed by atoms with Crippen molar-refractivity contribution in [1.29, 1.82) is 0 Å². The third-order valence-electron chi connectivity index (χ3n) is 8.49. The Balaban J connectivity index is 1.81. The van der Waals surface area contributed by atoms with Gasteiger partial charge in [0.15, 0.2) is 12.4 Å². The first-order chi connectivity index (χ1) is 15.7. The molecule has 3 fully saturated rings. The first-order valence-electron chi connectivity index (χ1n) is 12.4. The van der Waals surface area contributed by atoms with Crippen molar-refractivity contribution in [1.82, 2.24) is 0 Å². The Kier molecular flexibility index (Phi) is 8.05. The summed E-state index contributed by atoms with van der Waals surface area (Å²) in [7, 11) is 0. The zero-order chi connectivity index (χ0) is 25.5. The number of carbonyl (C=O) groups is 2. The van der Waals surface area contributed by atoms with Gasteiger partial charge in [0.05, 0.1) is 12.2 Å². The Bertz CT molecular complexity index is 755. The average molecular weight is 487 g/mol. The van der Waals surface area contributed by atoms with Gasteiger partial charge in [0.1, 0.15) is 23.9 Å². The minimum absolute atomic E-state index is 0.0684. The molecule has 0 spiro atoms. The molecule has 1 aliphatic heterocycles. The topological polar surface area (TPSA) is 132 Å². The summed E-state index contributed by atoms with van der Waals surface area (Å²) in [5, 5.41) is 30.4. The maximum atomic E-state index is 11.9. The van der Waals surface area contributed by atoms with Crippen molar-refractivity contribution in [3.05, 3.63) is 0 Å². The number of ether oxygens (including phenoxy) is 4. The lowest BCUT2D eigenvalue weighted by molar-refractivity contribution is -0.332. The smallest absolute Gasteiger partial charge is 0.303 e. The molecular formula is C25H42O9. The van der Waals surface area contributed by atoms with Crippen molar-refractivity contribution in [3.63, 3.8) is 0 Å². The van der Waals surface area contributed by atoms with Crippen LogP contribution in [0.2, 0.25) is 0 Å². The average Bonchev–Trinajstić information content (AvgIpc) is 2.72. The summed E-state index contributed by atoms with van der Waals surface area (Å²) < 4.78 is 23.2.